The van der Waals surface area contributed by atoms with Crippen molar-refractivity contribution < 1.29 is 30.3 Å². The highest BCUT2D eigenvalue weighted by Gasteiger charge is 2.43. The van der Waals surface area contributed by atoms with E-state index in [9.17, 15) is 13.2 Å². The van der Waals surface area contributed by atoms with Gasteiger partial charge in [0.1, 0.15) is 0 Å². The highest BCUT2D eigenvalue weighted by Crippen LogP contribution is 2.37. The SMILES string of the molecule is CCN(CC)c1ccc([N+]#N)c(OC(F)(F)C(F)Cl)c1.[Cl-]. The summed E-state index contributed by atoms with van der Waals surface area (Å²) in [6.07, 6.45) is -4.22. The molecule has 0 radical (unpaired) electrons. The zero-order chi connectivity index (χ0) is 15.3. The van der Waals surface area contributed by atoms with Gasteiger partial charge in [0.25, 0.3) is 5.63 Å². The number of halogens is 5. The van der Waals surface area contributed by atoms with Gasteiger partial charge >= 0.3 is 11.8 Å². The van der Waals surface area contributed by atoms with Crippen LogP contribution >= 0.6 is 11.6 Å². The fraction of sp³-hybridized carbons (Fsp3) is 0.500. The zero-order valence-corrected chi connectivity index (χ0v) is 12.9. The number of alkyl halides is 4. The molecule has 1 aromatic carbocycles. The molecule has 1 rings (SSSR count). The Kier molecular flexibility index (Phi) is 7.61. The van der Waals surface area contributed by atoms with Gasteiger partial charge in [0, 0.05) is 30.9 Å². The van der Waals surface area contributed by atoms with Crippen molar-refractivity contribution in [2.24, 2.45) is 0 Å². The van der Waals surface area contributed by atoms with Gasteiger partial charge in [-0.3, -0.25) is 0 Å². The van der Waals surface area contributed by atoms with Crippen molar-refractivity contribution in [2.45, 2.75) is 25.6 Å². The topological polar surface area (TPSA) is 40.6 Å². The molecule has 1 aromatic rings. The summed E-state index contributed by atoms with van der Waals surface area (Å²) in [7, 11) is 0. The van der Waals surface area contributed by atoms with E-state index >= 15 is 0 Å². The highest BCUT2D eigenvalue weighted by molar-refractivity contribution is 6.20. The number of rotatable bonds is 6. The summed E-state index contributed by atoms with van der Waals surface area (Å²) in [4.78, 5) is 4.68. The van der Waals surface area contributed by atoms with Gasteiger partial charge in [-0.25, -0.2) is 4.39 Å². The van der Waals surface area contributed by atoms with E-state index in [0.29, 0.717) is 18.8 Å². The van der Waals surface area contributed by atoms with Crippen LogP contribution in [0.3, 0.4) is 0 Å². The summed E-state index contributed by atoms with van der Waals surface area (Å²) < 4.78 is 43.2. The Labute approximate surface area is 131 Å². The number of nitrogens with zero attached hydrogens (tertiary/aromatic N) is 3. The molecule has 0 fully saturated rings. The van der Waals surface area contributed by atoms with E-state index in [2.05, 4.69) is 9.71 Å². The maximum Gasteiger partial charge on any atom is 0.444 e. The third-order valence-electron chi connectivity index (χ3n) is 2.68. The Morgan fingerprint density at radius 1 is 1.38 bits per heavy atom. The molecule has 9 heteroatoms. The molecule has 21 heavy (non-hydrogen) atoms. The lowest BCUT2D eigenvalue weighted by Gasteiger charge is -2.22. The molecule has 0 aliphatic heterocycles. The summed E-state index contributed by atoms with van der Waals surface area (Å²) in [6.45, 7) is 5.06. The van der Waals surface area contributed by atoms with E-state index in [4.69, 9.17) is 17.0 Å². The third-order valence-corrected chi connectivity index (χ3v) is 2.93. The minimum absolute atomic E-state index is 0. The van der Waals surface area contributed by atoms with Crippen molar-refractivity contribution in [3.63, 3.8) is 0 Å². The van der Waals surface area contributed by atoms with Gasteiger partial charge in [-0.15, -0.1) is 0 Å². The zero-order valence-electron chi connectivity index (χ0n) is 11.4. The first kappa shape index (κ1) is 19.6. The molecule has 0 saturated heterocycles. The molecule has 1 atom stereocenters. The van der Waals surface area contributed by atoms with Crippen LogP contribution in [-0.2, 0) is 0 Å². The maximum absolute atomic E-state index is 13.2. The molecule has 0 bridgehead atoms. The van der Waals surface area contributed by atoms with E-state index in [0.717, 1.165) is 0 Å². The van der Waals surface area contributed by atoms with Gasteiger partial charge in [0.2, 0.25) is 11.1 Å². The number of anilines is 1. The molecule has 0 aromatic heterocycles. The summed E-state index contributed by atoms with van der Waals surface area (Å²) in [5, 5.41) is 8.76. The average molecular weight is 344 g/mol. The second kappa shape index (κ2) is 8.15. The van der Waals surface area contributed by atoms with Crippen LogP contribution in [0.2, 0.25) is 0 Å². The van der Waals surface area contributed by atoms with Crippen molar-refractivity contribution in [3.8, 4) is 5.75 Å². The quantitative estimate of drug-likeness (QED) is 0.581. The predicted molar refractivity (Wildman–Crippen MR) is 71.1 cm³/mol. The van der Waals surface area contributed by atoms with Crippen LogP contribution in [0.1, 0.15) is 13.8 Å². The fourth-order valence-corrected chi connectivity index (χ4v) is 1.69. The lowest BCUT2D eigenvalue weighted by molar-refractivity contribution is -0.198. The molecule has 1 unspecified atom stereocenters. The standard InChI is InChI=1S/C12H14ClF3N3O.ClH/c1-3-19(4-2)8-5-6-9(18-17)10(7-8)20-12(15,16)11(13)14;/h5-7,11H,3-4H2,1-2H3;1H/q+1;/p-1. The lowest BCUT2D eigenvalue weighted by Crippen LogP contribution is -3.00. The Hall–Kier alpha value is -1.39. The van der Waals surface area contributed by atoms with Crippen LogP contribution < -0.4 is 22.0 Å². The Balaban J connectivity index is 0.00000400. The first-order valence-corrected chi connectivity index (χ1v) is 6.38. The van der Waals surface area contributed by atoms with Gasteiger partial charge < -0.3 is 22.0 Å². The van der Waals surface area contributed by atoms with Gasteiger partial charge in [-0.2, -0.15) is 8.78 Å². The largest absolute Gasteiger partial charge is 1.00 e. The molecule has 4 nitrogen and oxygen atoms in total. The third kappa shape index (κ3) is 4.83. The van der Waals surface area contributed by atoms with Crippen LogP contribution in [0.4, 0.5) is 24.5 Å². The molecular formula is C12H14Cl2F3N3O. The number of hydrogen-bond acceptors (Lipinski definition) is 3. The Morgan fingerprint density at radius 2 is 1.95 bits per heavy atom. The second-order valence-electron chi connectivity index (χ2n) is 3.89. The lowest BCUT2D eigenvalue weighted by atomic mass is 10.2. The van der Waals surface area contributed by atoms with E-state index in [1.165, 1.54) is 12.1 Å². The summed E-state index contributed by atoms with van der Waals surface area (Å²) in [5.41, 5.74) is -2.66. The average Bonchev–Trinajstić information content (AvgIpc) is 2.40. The van der Waals surface area contributed by atoms with Crippen LogP contribution in [0.15, 0.2) is 18.2 Å². The first-order valence-electron chi connectivity index (χ1n) is 5.94. The van der Waals surface area contributed by atoms with Crippen LogP contribution in [-0.4, -0.2) is 24.8 Å². The molecule has 118 valence electrons. The molecule has 0 saturated carbocycles. The van der Waals surface area contributed by atoms with Gasteiger partial charge in [0.05, 0.1) is 0 Å². The van der Waals surface area contributed by atoms with Crippen LogP contribution in [0.5, 0.6) is 5.75 Å². The van der Waals surface area contributed by atoms with Crippen molar-refractivity contribution in [3.05, 3.63) is 23.2 Å². The number of ether oxygens (including phenoxy) is 1. The van der Waals surface area contributed by atoms with Crippen molar-refractivity contribution in [2.75, 3.05) is 18.0 Å². The van der Waals surface area contributed by atoms with Gasteiger partial charge in [-0.05, 0) is 19.9 Å². The molecule has 0 aliphatic carbocycles. The minimum atomic E-state index is -4.22. The molecule has 0 amide bonds. The maximum atomic E-state index is 13.2. The van der Waals surface area contributed by atoms with E-state index < -0.39 is 17.5 Å². The molecule has 0 aliphatic rings. The van der Waals surface area contributed by atoms with Crippen LogP contribution in [0, 0.1) is 5.39 Å². The molecular weight excluding hydrogens is 330 g/mol. The predicted octanol–water partition coefficient (Wildman–Crippen LogP) is 1.53. The van der Waals surface area contributed by atoms with E-state index in [1.54, 1.807) is 6.07 Å². The molecule has 0 spiro atoms. The number of diazo groups is 1. The summed E-state index contributed by atoms with van der Waals surface area (Å²) >= 11 is 4.73. The second-order valence-corrected chi connectivity index (χ2v) is 4.27. The normalized spacial score (nSPS) is 12.0. The van der Waals surface area contributed by atoms with Crippen molar-refractivity contribution in [1.29, 1.82) is 5.39 Å². The van der Waals surface area contributed by atoms with Crippen LogP contribution in [0.25, 0.3) is 4.98 Å². The monoisotopic (exact) mass is 343 g/mol. The molecule has 0 N–H and O–H groups in total. The minimum Gasteiger partial charge on any atom is -1.00 e. The summed E-state index contributed by atoms with van der Waals surface area (Å²) in [6, 6.07) is 4.12. The Bertz CT molecular complexity index is 505. The van der Waals surface area contributed by atoms with Crippen molar-refractivity contribution >= 4 is 23.0 Å². The van der Waals surface area contributed by atoms with Gasteiger partial charge in [0.15, 0.2) is 4.98 Å². The number of benzene rings is 1. The highest BCUT2D eigenvalue weighted by atomic mass is 35.5. The first-order chi connectivity index (χ1) is 9.35. The smallest absolute Gasteiger partial charge is 0.444 e. The summed E-state index contributed by atoms with van der Waals surface area (Å²) in [5.74, 6) is -0.454. The Morgan fingerprint density at radius 3 is 2.38 bits per heavy atom. The fourth-order valence-electron chi connectivity index (χ4n) is 1.64. The van der Waals surface area contributed by atoms with E-state index in [-0.39, 0.29) is 18.1 Å². The van der Waals surface area contributed by atoms with E-state index in [1.807, 2.05) is 18.7 Å². The number of hydrogen-bond donors (Lipinski definition) is 0. The molecule has 0 heterocycles. The van der Waals surface area contributed by atoms with Gasteiger partial charge in [-0.1, -0.05) is 11.6 Å². The van der Waals surface area contributed by atoms with Crippen molar-refractivity contribution in [1.82, 2.24) is 0 Å².